The Morgan fingerprint density at radius 2 is 2.05 bits per heavy atom. The summed E-state index contributed by atoms with van der Waals surface area (Å²) in [6, 6.07) is 0. The predicted molar refractivity (Wildman–Crippen MR) is 72.9 cm³/mol. The highest BCUT2D eigenvalue weighted by molar-refractivity contribution is 7.98. The van der Waals surface area contributed by atoms with Gasteiger partial charge in [-0.05, 0) is 25.4 Å². The van der Waals surface area contributed by atoms with Crippen LogP contribution in [0.1, 0.15) is 23.7 Å². The summed E-state index contributed by atoms with van der Waals surface area (Å²) in [6.07, 6.45) is 6.55. The molecule has 0 radical (unpaired) electrons. The van der Waals surface area contributed by atoms with E-state index in [1.165, 1.54) is 25.8 Å². The van der Waals surface area contributed by atoms with Crippen LogP contribution >= 0.6 is 11.8 Å². The number of methoxy groups -OCH3 is 1. The van der Waals surface area contributed by atoms with Crippen molar-refractivity contribution >= 4 is 23.6 Å². The van der Waals surface area contributed by atoms with E-state index in [0.717, 1.165) is 5.75 Å². The molecule has 0 bridgehead atoms. The minimum Gasteiger partial charge on any atom is -0.467 e. The van der Waals surface area contributed by atoms with Gasteiger partial charge >= 0.3 is 5.97 Å². The molecule has 0 fully saturated rings. The number of aromatic nitrogens is 2. The Balaban J connectivity index is 2.83. The van der Waals surface area contributed by atoms with Crippen molar-refractivity contribution in [3.8, 4) is 0 Å². The Bertz CT molecular complexity index is 441. The number of hydrogen-bond donors (Lipinski definition) is 1. The third-order valence-electron chi connectivity index (χ3n) is 2.65. The minimum atomic E-state index is -1.05. The van der Waals surface area contributed by atoms with Crippen LogP contribution in [0.2, 0.25) is 0 Å². The van der Waals surface area contributed by atoms with Gasteiger partial charge in [0.1, 0.15) is 11.9 Å². The molecule has 1 heterocycles. The Kier molecular flexibility index (Phi) is 5.75. The first-order valence-electron chi connectivity index (χ1n) is 5.68. The zero-order chi connectivity index (χ0) is 14.3. The van der Waals surface area contributed by atoms with Gasteiger partial charge in [-0.1, -0.05) is 0 Å². The average Bonchev–Trinajstić information content (AvgIpc) is 2.45. The number of amides is 1. The summed E-state index contributed by atoms with van der Waals surface area (Å²) < 4.78 is 4.76. The third-order valence-corrected chi connectivity index (χ3v) is 3.27. The van der Waals surface area contributed by atoms with Crippen LogP contribution in [0.4, 0.5) is 0 Å². The van der Waals surface area contributed by atoms with Crippen LogP contribution < -0.4 is 5.32 Å². The first kappa shape index (κ1) is 15.4. The van der Waals surface area contributed by atoms with E-state index in [2.05, 4.69) is 15.3 Å². The SMILES string of the molecule is COC(=O)C(C)(CCSC)NC(=O)c1cncnc1. The molecule has 1 aromatic rings. The zero-order valence-electron chi connectivity index (χ0n) is 11.2. The number of carbonyl (C=O) groups excluding carboxylic acids is 2. The van der Waals surface area contributed by atoms with Crippen LogP contribution in [-0.4, -0.2) is 46.5 Å². The number of hydrogen-bond acceptors (Lipinski definition) is 6. The molecule has 0 aliphatic carbocycles. The molecule has 19 heavy (non-hydrogen) atoms. The van der Waals surface area contributed by atoms with E-state index in [4.69, 9.17) is 4.74 Å². The third kappa shape index (κ3) is 4.20. The smallest absolute Gasteiger partial charge is 0.331 e. The summed E-state index contributed by atoms with van der Waals surface area (Å²) >= 11 is 1.60. The second kappa shape index (κ2) is 7.08. The lowest BCUT2D eigenvalue weighted by Gasteiger charge is -2.27. The number of carbonyl (C=O) groups is 2. The summed E-state index contributed by atoms with van der Waals surface area (Å²) in [5.41, 5.74) is -0.744. The molecule has 1 N–H and O–H groups in total. The molecule has 1 amide bonds. The van der Waals surface area contributed by atoms with Gasteiger partial charge in [-0.2, -0.15) is 11.8 Å². The van der Waals surface area contributed by atoms with Crippen molar-refractivity contribution in [3.05, 3.63) is 24.3 Å². The van der Waals surface area contributed by atoms with E-state index >= 15 is 0 Å². The largest absolute Gasteiger partial charge is 0.467 e. The van der Waals surface area contributed by atoms with Crippen molar-refractivity contribution in [2.45, 2.75) is 18.9 Å². The van der Waals surface area contributed by atoms with E-state index in [9.17, 15) is 9.59 Å². The Labute approximate surface area is 116 Å². The van der Waals surface area contributed by atoms with Crippen molar-refractivity contribution in [1.82, 2.24) is 15.3 Å². The number of esters is 1. The molecule has 104 valence electrons. The van der Waals surface area contributed by atoms with Gasteiger partial charge in [-0.15, -0.1) is 0 Å². The highest BCUT2D eigenvalue weighted by atomic mass is 32.2. The first-order valence-corrected chi connectivity index (χ1v) is 7.08. The Morgan fingerprint density at radius 3 is 2.58 bits per heavy atom. The molecule has 1 atom stereocenters. The van der Waals surface area contributed by atoms with Crippen molar-refractivity contribution < 1.29 is 14.3 Å². The van der Waals surface area contributed by atoms with E-state index in [1.54, 1.807) is 18.7 Å². The first-order chi connectivity index (χ1) is 9.03. The molecule has 6 nitrogen and oxygen atoms in total. The van der Waals surface area contributed by atoms with Gasteiger partial charge in [-0.3, -0.25) is 4.79 Å². The lowest BCUT2D eigenvalue weighted by molar-refractivity contribution is -0.147. The molecule has 0 saturated heterocycles. The quantitative estimate of drug-likeness (QED) is 0.781. The highest BCUT2D eigenvalue weighted by Crippen LogP contribution is 2.16. The van der Waals surface area contributed by atoms with E-state index < -0.39 is 17.4 Å². The van der Waals surface area contributed by atoms with E-state index in [1.807, 2.05) is 6.26 Å². The molecule has 0 aliphatic rings. The van der Waals surface area contributed by atoms with Crippen LogP contribution in [0.3, 0.4) is 0 Å². The van der Waals surface area contributed by atoms with Crippen LogP contribution in [-0.2, 0) is 9.53 Å². The second-order valence-corrected chi connectivity index (χ2v) is 5.13. The van der Waals surface area contributed by atoms with Gasteiger partial charge in [0.2, 0.25) is 0 Å². The second-order valence-electron chi connectivity index (χ2n) is 4.15. The summed E-state index contributed by atoms with van der Waals surface area (Å²) in [5, 5.41) is 2.69. The predicted octanol–water partition coefficient (Wildman–Crippen LogP) is 0.891. The van der Waals surface area contributed by atoms with Gasteiger partial charge < -0.3 is 10.1 Å². The fraction of sp³-hybridized carbons (Fsp3) is 0.500. The molecule has 1 aromatic heterocycles. The molecule has 0 aromatic carbocycles. The van der Waals surface area contributed by atoms with Crippen molar-refractivity contribution in [2.75, 3.05) is 19.1 Å². The van der Waals surface area contributed by atoms with Gasteiger partial charge in [0.05, 0.1) is 12.7 Å². The zero-order valence-corrected chi connectivity index (χ0v) is 12.0. The normalized spacial score (nSPS) is 13.4. The van der Waals surface area contributed by atoms with Crippen molar-refractivity contribution in [1.29, 1.82) is 0 Å². The summed E-state index contributed by atoms with van der Waals surface area (Å²) in [6.45, 7) is 1.65. The lowest BCUT2D eigenvalue weighted by atomic mass is 9.98. The topological polar surface area (TPSA) is 81.2 Å². The summed E-state index contributed by atoms with van der Waals surface area (Å²) in [5.74, 6) is -0.127. The molecular weight excluding hydrogens is 266 g/mol. The standard InChI is InChI=1S/C12H17N3O3S/c1-12(4-5-19-3,11(17)18-2)15-10(16)9-6-13-8-14-7-9/h6-8H,4-5H2,1-3H3,(H,15,16). The van der Waals surface area contributed by atoms with Gasteiger partial charge in [-0.25, -0.2) is 14.8 Å². The number of nitrogens with zero attached hydrogens (tertiary/aromatic N) is 2. The number of rotatable bonds is 6. The Hall–Kier alpha value is -1.63. The maximum absolute atomic E-state index is 12.0. The number of thioether (sulfide) groups is 1. The molecule has 0 saturated carbocycles. The molecule has 1 rings (SSSR count). The van der Waals surface area contributed by atoms with Crippen molar-refractivity contribution in [3.63, 3.8) is 0 Å². The lowest BCUT2D eigenvalue weighted by Crippen LogP contribution is -2.53. The monoisotopic (exact) mass is 283 g/mol. The maximum Gasteiger partial charge on any atom is 0.331 e. The summed E-state index contributed by atoms with van der Waals surface area (Å²) in [4.78, 5) is 31.4. The molecule has 0 spiro atoms. The minimum absolute atomic E-state index is 0.307. The maximum atomic E-state index is 12.0. The van der Waals surface area contributed by atoms with Crippen molar-refractivity contribution in [2.24, 2.45) is 0 Å². The average molecular weight is 283 g/mol. The molecule has 1 unspecified atom stereocenters. The fourth-order valence-corrected chi connectivity index (χ4v) is 2.10. The Morgan fingerprint density at radius 1 is 1.42 bits per heavy atom. The fourth-order valence-electron chi connectivity index (χ4n) is 1.49. The van der Waals surface area contributed by atoms with E-state index in [0.29, 0.717) is 12.0 Å². The van der Waals surface area contributed by atoms with Crippen LogP contribution in [0.15, 0.2) is 18.7 Å². The van der Waals surface area contributed by atoms with E-state index in [-0.39, 0.29) is 0 Å². The van der Waals surface area contributed by atoms with Crippen LogP contribution in [0, 0.1) is 0 Å². The number of nitrogens with one attached hydrogen (secondary N) is 1. The van der Waals surface area contributed by atoms with Gasteiger partial charge in [0.25, 0.3) is 5.91 Å². The molecular formula is C12H17N3O3S. The number of ether oxygens (including phenoxy) is 1. The highest BCUT2D eigenvalue weighted by Gasteiger charge is 2.35. The molecule has 7 heteroatoms. The van der Waals surface area contributed by atoms with Gasteiger partial charge in [0.15, 0.2) is 0 Å². The molecule has 0 aliphatic heterocycles. The van der Waals surface area contributed by atoms with Gasteiger partial charge in [0, 0.05) is 12.4 Å². The van der Waals surface area contributed by atoms with Crippen LogP contribution in [0.5, 0.6) is 0 Å². The van der Waals surface area contributed by atoms with Crippen LogP contribution in [0.25, 0.3) is 0 Å². The summed E-state index contributed by atoms with van der Waals surface area (Å²) in [7, 11) is 1.30.